The molecule has 4 rings (SSSR count). The van der Waals surface area contributed by atoms with Gasteiger partial charge in [-0.1, -0.05) is 30.3 Å². The number of rotatable bonds is 3. The van der Waals surface area contributed by atoms with E-state index in [0.717, 1.165) is 16.8 Å². The second kappa shape index (κ2) is 5.42. The van der Waals surface area contributed by atoms with Crippen LogP contribution < -0.4 is 9.50 Å². The SMILES string of the molecule is O=C1NC(=O)c2cc(S(=O)(=O)Oc3ccc4ccccc4c3)ccc21. The molecule has 0 spiro atoms. The van der Waals surface area contributed by atoms with Gasteiger partial charge in [-0.2, -0.15) is 8.42 Å². The van der Waals surface area contributed by atoms with Crippen molar-refractivity contribution in [1.29, 1.82) is 0 Å². The van der Waals surface area contributed by atoms with Crippen LogP contribution in [0.15, 0.2) is 65.6 Å². The maximum absolute atomic E-state index is 12.5. The van der Waals surface area contributed by atoms with Gasteiger partial charge in [0.1, 0.15) is 10.6 Å². The van der Waals surface area contributed by atoms with Gasteiger partial charge in [-0.05, 0) is 41.1 Å². The lowest BCUT2D eigenvalue weighted by atomic mass is 10.1. The Kier molecular flexibility index (Phi) is 3.33. The smallest absolute Gasteiger partial charge is 0.339 e. The molecule has 0 saturated heterocycles. The lowest BCUT2D eigenvalue weighted by Crippen LogP contribution is -2.19. The van der Waals surface area contributed by atoms with Gasteiger partial charge in [-0.3, -0.25) is 14.9 Å². The summed E-state index contributed by atoms with van der Waals surface area (Å²) >= 11 is 0. The highest BCUT2D eigenvalue weighted by Crippen LogP contribution is 2.26. The van der Waals surface area contributed by atoms with E-state index in [1.807, 2.05) is 24.3 Å². The van der Waals surface area contributed by atoms with Crippen molar-refractivity contribution in [1.82, 2.24) is 5.32 Å². The number of carbonyl (C=O) groups excluding carboxylic acids is 2. The third kappa shape index (κ3) is 2.64. The Morgan fingerprint density at radius 2 is 1.48 bits per heavy atom. The van der Waals surface area contributed by atoms with Crippen LogP contribution in [0.3, 0.4) is 0 Å². The van der Waals surface area contributed by atoms with Crippen molar-refractivity contribution in [2.45, 2.75) is 4.90 Å². The third-order valence-electron chi connectivity index (χ3n) is 3.92. The van der Waals surface area contributed by atoms with Crippen LogP contribution in [0.1, 0.15) is 20.7 Å². The number of nitrogens with one attached hydrogen (secondary N) is 1. The molecule has 0 bridgehead atoms. The van der Waals surface area contributed by atoms with Crippen molar-refractivity contribution in [2.24, 2.45) is 0 Å². The number of imide groups is 1. The Balaban J connectivity index is 1.71. The molecule has 3 aromatic carbocycles. The summed E-state index contributed by atoms with van der Waals surface area (Å²) in [6.07, 6.45) is 0. The Bertz CT molecular complexity index is 1150. The monoisotopic (exact) mass is 353 g/mol. The molecule has 0 atom stereocenters. The topological polar surface area (TPSA) is 89.5 Å². The number of carbonyl (C=O) groups is 2. The fourth-order valence-corrected chi connectivity index (χ4v) is 3.65. The van der Waals surface area contributed by atoms with E-state index in [4.69, 9.17) is 4.18 Å². The van der Waals surface area contributed by atoms with Crippen LogP contribution in [-0.4, -0.2) is 20.2 Å². The van der Waals surface area contributed by atoms with E-state index in [9.17, 15) is 18.0 Å². The average Bonchev–Trinajstić information content (AvgIpc) is 2.88. The highest BCUT2D eigenvalue weighted by Gasteiger charge is 2.29. The van der Waals surface area contributed by atoms with Crippen molar-refractivity contribution in [3.63, 3.8) is 0 Å². The summed E-state index contributed by atoms with van der Waals surface area (Å²) < 4.78 is 30.1. The molecule has 0 aliphatic carbocycles. The molecule has 1 aliphatic rings. The fraction of sp³-hybridized carbons (Fsp3) is 0. The molecule has 3 aromatic rings. The standard InChI is InChI=1S/C18H11NO5S/c20-17-15-8-7-14(10-16(15)18(21)19-17)25(22,23)24-13-6-5-11-3-1-2-4-12(11)9-13/h1-10H,(H,19,20,21). The molecule has 124 valence electrons. The molecule has 1 aliphatic heterocycles. The summed E-state index contributed by atoms with van der Waals surface area (Å²) in [5, 5.41) is 3.92. The molecule has 0 unspecified atom stereocenters. The largest absolute Gasteiger partial charge is 0.379 e. The van der Waals surface area contributed by atoms with Crippen LogP contribution >= 0.6 is 0 Å². The Morgan fingerprint density at radius 3 is 2.28 bits per heavy atom. The van der Waals surface area contributed by atoms with Gasteiger partial charge in [0, 0.05) is 0 Å². The molecule has 0 saturated carbocycles. The van der Waals surface area contributed by atoms with Crippen LogP contribution in [-0.2, 0) is 10.1 Å². The van der Waals surface area contributed by atoms with Crippen molar-refractivity contribution in [2.75, 3.05) is 0 Å². The predicted molar refractivity (Wildman–Crippen MR) is 90.0 cm³/mol. The molecule has 0 radical (unpaired) electrons. The fourth-order valence-electron chi connectivity index (χ4n) is 2.70. The Labute approximate surface area is 143 Å². The van der Waals surface area contributed by atoms with Gasteiger partial charge in [-0.25, -0.2) is 0 Å². The first-order valence-corrected chi connectivity index (χ1v) is 8.78. The van der Waals surface area contributed by atoms with Gasteiger partial charge in [0.15, 0.2) is 0 Å². The molecule has 0 aromatic heterocycles. The zero-order chi connectivity index (χ0) is 17.6. The molecule has 7 heteroatoms. The maximum Gasteiger partial charge on any atom is 0.339 e. The van der Waals surface area contributed by atoms with E-state index < -0.39 is 21.9 Å². The van der Waals surface area contributed by atoms with E-state index in [1.165, 1.54) is 12.1 Å². The minimum Gasteiger partial charge on any atom is -0.379 e. The second-order valence-corrected chi connectivity index (χ2v) is 7.08. The Morgan fingerprint density at radius 1 is 0.760 bits per heavy atom. The molecule has 1 heterocycles. The highest BCUT2D eigenvalue weighted by atomic mass is 32.2. The number of fused-ring (bicyclic) bond motifs is 2. The van der Waals surface area contributed by atoms with E-state index in [0.29, 0.717) is 0 Å². The zero-order valence-electron chi connectivity index (χ0n) is 12.7. The lowest BCUT2D eigenvalue weighted by Gasteiger charge is -2.08. The van der Waals surface area contributed by atoms with Gasteiger partial charge < -0.3 is 4.18 Å². The van der Waals surface area contributed by atoms with Crippen LogP contribution in [0.2, 0.25) is 0 Å². The number of benzene rings is 3. The van der Waals surface area contributed by atoms with Gasteiger partial charge in [0.25, 0.3) is 11.8 Å². The van der Waals surface area contributed by atoms with Crippen LogP contribution in [0.4, 0.5) is 0 Å². The first-order chi connectivity index (χ1) is 11.9. The lowest BCUT2D eigenvalue weighted by molar-refractivity contribution is 0.0879. The van der Waals surface area contributed by atoms with E-state index in [-0.39, 0.29) is 21.8 Å². The van der Waals surface area contributed by atoms with Crippen molar-refractivity contribution in [3.8, 4) is 5.75 Å². The summed E-state index contributed by atoms with van der Waals surface area (Å²) in [6, 6.07) is 16.1. The van der Waals surface area contributed by atoms with E-state index >= 15 is 0 Å². The van der Waals surface area contributed by atoms with Crippen LogP contribution in [0.5, 0.6) is 5.75 Å². The predicted octanol–water partition coefficient (Wildman–Crippen LogP) is 2.49. The summed E-state index contributed by atoms with van der Waals surface area (Å²) in [5.74, 6) is -0.998. The normalized spacial score (nSPS) is 13.6. The number of hydrogen-bond donors (Lipinski definition) is 1. The number of amides is 2. The zero-order valence-corrected chi connectivity index (χ0v) is 13.5. The summed E-state index contributed by atoms with van der Waals surface area (Å²) in [4.78, 5) is 23.0. The van der Waals surface area contributed by atoms with Gasteiger partial charge in [0.05, 0.1) is 11.1 Å². The molecule has 25 heavy (non-hydrogen) atoms. The summed E-state index contributed by atoms with van der Waals surface area (Å²) in [7, 11) is -4.14. The summed E-state index contributed by atoms with van der Waals surface area (Å²) in [5.41, 5.74) is 0.169. The molecule has 1 N–H and O–H groups in total. The maximum atomic E-state index is 12.5. The first kappa shape index (κ1) is 15.3. The van der Waals surface area contributed by atoms with Crippen LogP contribution in [0, 0.1) is 0 Å². The van der Waals surface area contributed by atoms with Gasteiger partial charge in [0.2, 0.25) is 0 Å². The molecule has 2 amide bonds. The quantitative estimate of drug-likeness (QED) is 0.577. The second-order valence-electron chi connectivity index (χ2n) is 5.54. The highest BCUT2D eigenvalue weighted by molar-refractivity contribution is 7.87. The average molecular weight is 353 g/mol. The van der Waals surface area contributed by atoms with Gasteiger partial charge >= 0.3 is 10.1 Å². The minimum atomic E-state index is -4.14. The first-order valence-electron chi connectivity index (χ1n) is 7.37. The van der Waals surface area contributed by atoms with E-state index in [2.05, 4.69) is 5.32 Å². The van der Waals surface area contributed by atoms with Crippen molar-refractivity contribution in [3.05, 3.63) is 71.8 Å². The van der Waals surface area contributed by atoms with Crippen LogP contribution in [0.25, 0.3) is 10.8 Å². The minimum absolute atomic E-state index is 0.0215. The Hall–Kier alpha value is -3.19. The third-order valence-corrected chi connectivity index (χ3v) is 5.17. The molecular formula is C18H11NO5S. The van der Waals surface area contributed by atoms with Gasteiger partial charge in [-0.15, -0.1) is 0 Å². The number of hydrogen-bond acceptors (Lipinski definition) is 5. The molecular weight excluding hydrogens is 342 g/mol. The summed E-state index contributed by atoms with van der Waals surface area (Å²) in [6.45, 7) is 0. The van der Waals surface area contributed by atoms with E-state index in [1.54, 1.807) is 18.2 Å². The van der Waals surface area contributed by atoms with Crippen molar-refractivity contribution >= 4 is 32.7 Å². The van der Waals surface area contributed by atoms with Crippen molar-refractivity contribution < 1.29 is 22.2 Å². The molecule has 0 fully saturated rings. The molecule has 6 nitrogen and oxygen atoms in total.